The van der Waals surface area contributed by atoms with Gasteiger partial charge >= 0.3 is 0 Å². The standard InChI is InChI=1S/C19H22ClN5O2S/c1-10-11(2)28-19-17(10)18(21)23-15(24-19)8-25(3)9-16(26)22-13-7-12(20)5-6-14(13)27-4/h5-7H,8-9H2,1-4H3,(H,22,26)(H2,21,23,24). The second-order valence-corrected chi connectivity index (χ2v) is 8.19. The Bertz CT molecular complexity index is 1040. The first-order valence-electron chi connectivity index (χ1n) is 8.62. The van der Waals surface area contributed by atoms with Crippen LogP contribution in [0.4, 0.5) is 11.5 Å². The number of nitrogens with two attached hydrogens (primary N) is 1. The lowest BCUT2D eigenvalue weighted by molar-refractivity contribution is -0.117. The van der Waals surface area contributed by atoms with Gasteiger partial charge in [-0.15, -0.1) is 11.3 Å². The summed E-state index contributed by atoms with van der Waals surface area (Å²) in [6.07, 6.45) is 0. The molecule has 0 bridgehead atoms. The smallest absolute Gasteiger partial charge is 0.238 e. The maximum Gasteiger partial charge on any atom is 0.238 e. The number of nitrogens with zero attached hydrogens (tertiary/aromatic N) is 3. The first kappa shape index (κ1) is 20.3. The van der Waals surface area contributed by atoms with Crippen molar-refractivity contribution in [3.8, 4) is 5.75 Å². The lowest BCUT2D eigenvalue weighted by Crippen LogP contribution is -2.30. The molecule has 0 aliphatic carbocycles. The number of likely N-dealkylation sites (N-methyl/N-ethyl adjacent to an activating group) is 1. The van der Waals surface area contributed by atoms with E-state index in [0.29, 0.717) is 34.6 Å². The van der Waals surface area contributed by atoms with Gasteiger partial charge in [-0.05, 0) is 44.7 Å². The van der Waals surface area contributed by atoms with Gasteiger partial charge in [-0.2, -0.15) is 0 Å². The Morgan fingerprint density at radius 2 is 2.11 bits per heavy atom. The van der Waals surface area contributed by atoms with Crippen molar-refractivity contribution in [2.45, 2.75) is 20.4 Å². The first-order valence-corrected chi connectivity index (χ1v) is 9.82. The van der Waals surface area contributed by atoms with Gasteiger partial charge in [0, 0.05) is 9.90 Å². The van der Waals surface area contributed by atoms with Gasteiger partial charge in [0.2, 0.25) is 5.91 Å². The molecule has 0 saturated carbocycles. The highest BCUT2D eigenvalue weighted by Crippen LogP contribution is 2.32. The molecule has 0 unspecified atom stereocenters. The maximum absolute atomic E-state index is 12.4. The van der Waals surface area contributed by atoms with Crippen LogP contribution < -0.4 is 15.8 Å². The second kappa shape index (κ2) is 8.30. The average molecular weight is 420 g/mol. The number of ether oxygens (including phenoxy) is 1. The molecule has 0 atom stereocenters. The number of carbonyl (C=O) groups is 1. The minimum atomic E-state index is -0.195. The molecule has 0 radical (unpaired) electrons. The van der Waals surface area contributed by atoms with E-state index in [0.717, 1.165) is 15.8 Å². The molecule has 0 fully saturated rings. The van der Waals surface area contributed by atoms with Crippen LogP contribution >= 0.6 is 22.9 Å². The molecule has 7 nitrogen and oxygen atoms in total. The summed E-state index contributed by atoms with van der Waals surface area (Å²) >= 11 is 7.60. The predicted octanol–water partition coefficient (Wildman–Crippen LogP) is 3.62. The number of halogens is 1. The summed E-state index contributed by atoms with van der Waals surface area (Å²) in [7, 11) is 3.36. The number of aromatic nitrogens is 2. The van der Waals surface area contributed by atoms with Crippen LogP contribution in [0, 0.1) is 13.8 Å². The number of benzene rings is 1. The third-order valence-electron chi connectivity index (χ3n) is 4.36. The molecule has 0 aliphatic rings. The van der Waals surface area contributed by atoms with Gasteiger partial charge in [0.25, 0.3) is 0 Å². The minimum Gasteiger partial charge on any atom is -0.495 e. The summed E-state index contributed by atoms with van der Waals surface area (Å²) in [5, 5.41) is 4.25. The Hall–Kier alpha value is -2.42. The number of nitrogen functional groups attached to an aromatic ring is 1. The largest absolute Gasteiger partial charge is 0.495 e. The van der Waals surface area contributed by atoms with Crippen molar-refractivity contribution in [3.05, 3.63) is 39.5 Å². The number of fused-ring (bicyclic) bond motifs is 1. The fraction of sp³-hybridized carbons (Fsp3) is 0.316. The number of anilines is 2. The van der Waals surface area contributed by atoms with Gasteiger partial charge in [0.15, 0.2) is 0 Å². The lowest BCUT2D eigenvalue weighted by Gasteiger charge is -2.16. The molecule has 148 valence electrons. The molecule has 0 spiro atoms. The molecule has 0 saturated heterocycles. The molecule has 2 aromatic heterocycles. The maximum atomic E-state index is 12.4. The molecule has 1 aromatic carbocycles. The minimum absolute atomic E-state index is 0.152. The molecule has 3 N–H and O–H groups in total. The van der Waals surface area contributed by atoms with Crippen molar-refractivity contribution in [1.29, 1.82) is 0 Å². The zero-order chi connectivity index (χ0) is 20.4. The van der Waals surface area contributed by atoms with E-state index in [1.54, 1.807) is 29.5 Å². The van der Waals surface area contributed by atoms with Crippen LogP contribution in [0.15, 0.2) is 18.2 Å². The summed E-state index contributed by atoms with van der Waals surface area (Å²) in [4.78, 5) is 25.3. The summed E-state index contributed by atoms with van der Waals surface area (Å²) in [5.74, 6) is 1.41. The molecule has 1 amide bonds. The highest BCUT2D eigenvalue weighted by Gasteiger charge is 2.15. The number of aryl methyl sites for hydroxylation is 2. The number of nitrogens with one attached hydrogen (secondary N) is 1. The van der Waals surface area contributed by atoms with E-state index in [-0.39, 0.29) is 12.5 Å². The fourth-order valence-electron chi connectivity index (χ4n) is 2.91. The molecule has 0 aliphatic heterocycles. The summed E-state index contributed by atoms with van der Waals surface area (Å²) in [5.41, 5.74) is 7.77. The zero-order valence-electron chi connectivity index (χ0n) is 16.2. The van der Waals surface area contributed by atoms with Crippen molar-refractivity contribution in [2.75, 3.05) is 31.8 Å². The van der Waals surface area contributed by atoms with E-state index in [4.69, 9.17) is 22.1 Å². The Balaban J connectivity index is 1.69. The highest BCUT2D eigenvalue weighted by molar-refractivity contribution is 7.18. The summed E-state index contributed by atoms with van der Waals surface area (Å²) in [6.45, 7) is 4.62. The molecular formula is C19H22ClN5O2S. The zero-order valence-corrected chi connectivity index (χ0v) is 17.7. The van der Waals surface area contributed by atoms with E-state index in [1.165, 1.54) is 12.0 Å². The second-order valence-electron chi connectivity index (χ2n) is 6.55. The first-order chi connectivity index (χ1) is 13.3. The van der Waals surface area contributed by atoms with Crippen LogP contribution in [0.5, 0.6) is 5.75 Å². The van der Waals surface area contributed by atoms with Gasteiger partial charge in [-0.25, -0.2) is 9.97 Å². The van der Waals surface area contributed by atoms with Crippen molar-refractivity contribution < 1.29 is 9.53 Å². The molecular weight excluding hydrogens is 398 g/mol. The number of thiophene rings is 1. The van der Waals surface area contributed by atoms with E-state index in [2.05, 4.69) is 15.3 Å². The van der Waals surface area contributed by atoms with E-state index in [1.807, 2.05) is 25.8 Å². The van der Waals surface area contributed by atoms with Crippen molar-refractivity contribution in [3.63, 3.8) is 0 Å². The number of carbonyl (C=O) groups excluding carboxylic acids is 1. The third-order valence-corrected chi connectivity index (χ3v) is 5.70. The van der Waals surface area contributed by atoms with E-state index in [9.17, 15) is 4.79 Å². The Kier molecular flexibility index (Phi) is 6.02. The van der Waals surface area contributed by atoms with Gasteiger partial charge in [0.1, 0.15) is 22.2 Å². The van der Waals surface area contributed by atoms with E-state index < -0.39 is 0 Å². The monoisotopic (exact) mass is 419 g/mol. The predicted molar refractivity (Wildman–Crippen MR) is 114 cm³/mol. The van der Waals surface area contributed by atoms with Crippen LogP contribution in [-0.2, 0) is 11.3 Å². The van der Waals surface area contributed by atoms with E-state index >= 15 is 0 Å². The number of amides is 1. The molecule has 3 rings (SSSR count). The molecule has 28 heavy (non-hydrogen) atoms. The SMILES string of the molecule is COc1ccc(Cl)cc1NC(=O)CN(C)Cc1nc(N)c2c(C)c(C)sc2n1. The highest BCUT2D eigenvalue weighted by atomic mass is 35.5. The number of hydrogen-bond acceptors (Lipinski definition) is 7. The van der Waals surface area contributed by atoms with Crippen molar-refractivity contribution in [2.24, 2.45) is 0 Å². The topological polar surface area (TPSA) is 93.4 Å². The van der Waals surface area contributed by atoms with Crippen molar-refractivity contribution >= 4 is 50.6 Å². The van der Waals surface area contributed by atoms with Gasteiger partial charge in [-0.3, -0.25) is 9.69 Å². The molecule has 9 heteroatoms. The molecule has 3 aromatic rings. The van der Waals surface area contributed by atoms with Crippen LogP contribution in [0.1, 0.15) is 16.3 Å². The number of rotatable bonds is 6. The van der Waals surface area contributed by atoms with Gasteiger partial charge in [0.05, 0.1) is 31.3 Å². The van der Waals surface area contributed by atoms with Gasteiger partial charge in [-0.1, -0.05) is 11.6 Å². The van der Waals surface area contributed by atoms with Crippen LogP contribution in [0.25, 0.3) is 10.2 Å². The Labute approximate surface area is 172 Å². The third kappa shape index (κ3) is 4.35. The van der Waals surface area contributed by atoms with Crippen LogP contribution in [0.3, 0.4) is 0 Å². The normalized spacial score (nSPS) is 11.2. The van der Waals surface area contributed by atoms with Crippen LogP contribution in [-0.4, -0.2) is 41.5 Å². The fourth-order valence-corrected chi connectivity index (χ4v) is 4.14. The number of methoxy groups -OCH3 is 1. The number of hydrogen-bond donors (Lipinski definition) is 2. The van der Waals surface area contributed by atoms with Crippen molar-refractivity contribution in [1.82, 2.24) is 14.9 Å². The quantitative estimate of drug-likeness (QED) is 0.633. The van der Waals surface area contributed by atoms with Crippen LogP contribution in [0.2, 0.25) is 5.02 Å². The Morgan fingerprint density at radius 3 is 2.82 bits per heavy atom. The average Bonchev–Trinajstić information content (AvgIpc) is 2.89. The lowest BCUT2D eigenvalue weighted by atomic mass is 10.2. The summed E-state index contributed by atoms with van der Waals surface area (Å²) in [6, 6.07) is 5.06. The Morgan fingerprint density at radius 1 is 1.36 bits per heavy atom. The van der Waals surface area contributed by atoms with Gasteiger partial charge < -0.3 is 15.8 Å². The summed E-state index contributed by atoms with van der Waals surface area (Å²) < 4.78 is 5.25. The molecule has 2 heterocycles.